The van der Waals surface area contributed by atoms with E-state index in [9.17, 15) is 9.59 Å². The molecule has 0 atom stereocenters. The van der Waals surface area contributed by atoms with Crippen LogP contribution in [0, 0.1) is 0 Å². The summed E-state index contributed by atoms with van der Waals surface area (Å²) in [4.78, 5) is 31.0. The summed E-state index contributed by atoms with van der Waals surface area (Å²) >= 11 is 1.51. The van der Waals surface area contributed by atoms with Crippen LogP contribution in [0.5, 0.6) is 0 Å². The third-order valence-electron chi connectivity index (χ3n) is 3.91. The van der Waals surface area contributed by atoms with Gasteiger partial charge in [0.2, 0.25) is 0 Å². The summed E-state index contributed by atoms with van der Waals surface area (Å²) in [5.74, 6) is -0.276. The Morgan fingerprint density at radius 2 is 2.17 bits per heavy atom. The highest BCUT2D eigenvalue weighted by atomic mass is 32.1. The number of carbonyl (C=O) groups is 1. The van der Waals surface area contributed by atoms with Gasteiger partial charge in [-0.1, -0.05) is 18.2 Å². The highest BCUT2D eigenvalue weighted by Gasteiger charge is 2.34. The van der Waals surface area contributed by atoms with E-state index in [0.717, 1.165) is 23.2 Å². The largest absolute Gasteiger partial charge is 0.422 e. The molecular weight excluding hydrogens is 312 g/mol. The van der Waals surface area contributed by atoms with E-state index in [2.05, 4.69) is 4.98 Å². The Balaban J connectivity index is 1.71. The molecule has 1 fully saturated rings. The second-order valence-electron chi connectivity index (χ2n) is 5.58. The molecule has 4 rings (SSSR count). The van der Waals surface area contributed by atoms with Crippen molar-refractivity contribution in [1.82, 2.24) is 9.88 Å². The summed E-state index contributed by atoms with van der Waals surface area (Å²) in [5, 5.41) is 3.51. The number of thiazole rings is 1. The van der Waals surface area contributed by atoms with E-state index in [-0.39, 0.29) is 17.5 Å². The van der Waals surface area contributed by atoms with Gasteiger partial charge < -0.3 is 9.32 Å². The van der Waals surface area contributed by atoms with Crippen LogP contribution in [0.25, 0.3) is 11.0 Å². The lowest BCUT2D eigenvalue weighted by molar-refractivity contribution is 0.0725. The Morgan fingerprint density at radius 1 is 1.35 bits per heavy atom. The summed E-state index contributed by atoms with van der Waals surface area (Å²) in [7, 11) is 0. The summed E-state index contributed by atoms with van der Waals surface area (Å²) in [6.45, 7) is 0.438. The van der Waals surface area contributed by atoms with Gasteiger partial charge in [0.15, 0.2) is 0 Å². The van der Waals surface area contributed by atoms with Crippen molar-refractivity contribution in [3.63, 3.8) is 0 Å². The molecule has 0 radical (unpaired) electrons. The average Bonchev–Trinajstić information content (AvgIpc) is 3.27. The molecule has 0 saturated heterocycles. The molecular formula is C17H14N2O3S. The first-order chi connectivity index (χ1) is 11.2. The minimum atomic E-state index is -0.585. The fourth-order valence-electron chi connectivity index (χ4n) is 2.60. The van der Waals surface area contributed by atoms with Crippen LogP contribution in [0.4, 0.5) is 0 Å². The fraction of sp³-hybridized carbons (Fsp3) is 0.235. The number of amides is 1. The molecule has 1 saturated carbocycles. The second kappa shape index (κ2) is 5.62. The normalized spacial score (nSPS) is 14.1. The van der Waals surface area contributed by atoms with E-state index in [1.807, 2.05) is 17.5 Å². The summed E-state index contributed by atoms with van der Waals surface area (Å²) in [6.07, 6.45) is 3.66. The van der Waals surface area contributed by atoms with Crippen molar-refractivity contribution in [1.29, 1.82) is 0 Å². The van der Waals surface area contributed by atoms with Gasteiger partial charge in [0.1, 0.15) is 16.2 Å². The maximum Gasteiger partial charge on any atom is 0.349 e. The molecule has 2 heterocycles. The number of carbonyl (C=O) groups excluding carboxylic acids is 1. The van der Waals surface area contributed by atoms with Gasteiger partial charge in [-0.3, -0.25) is 4.79 Å². The van der Waals surface area contributed by atoms with Crippen molar-refractivity contribution in [2.45, 2.75) is 25.4 Å². The van der Waals surface area contributed by atoms with E-state index < -0.39 is 5.63 Å². The van der Waals surface area contributed by atoms with Crippen LogP contribution < -0.4 is 5.63 Å². The van der Waals surface area contributed by atoms with Crippen molar-refractivity contribution in [3.8, 4) is 0 Å². The summed E-state index contributed by atoms with van der Waals surface area (Å²) in [6, 6.07) is 9.02. The quantitative estimate of drug-likeness (QED) is 0.691. The topological polar surface area (TPSA) is 63.4 Å². The number of hydrogen-bond donors (Lipinski definition) is 0. The van der Waals surface area contributed by atoms with Crippen molar-refractivity contribution >= 4 is 28.2 Å². The van der Waals surface area contributed by atoms with Crippen LogP contribution in [0.1, 0.15) is 28.2 Å². The molecule has 0 unspecified atom stereocenters. The van der Waals surface area contributed by atoms with Crippen LogP contribution in [-0.2, 0) is 6.54 Å². The Hall–Kier alpha value is -2.47. The zero-order valence-electron chi connectivity index (χ0n) is 12.3. The molecule has 6 heteroatoms. The second-order valence-corrected chi connectivity index (χ2v) is 6.55. The molecule has 1 aliphatic rings. The number of rotatable bonds is 4. The van der Waals surface area contributed by atoms with Crippen LogP contribution in [0.2, 0.25) is 0 Å². The highest BCUT2D eigenvalue weighted by molar-refractivity contribution is 7.09. The molecule has 0 bridgehead atoms. The zero-order valence-corrected chi connectivity index (χ0v) is 13.1. The van der Waals surface area contributed by atoms with Crippen LogP contribution in [0.15, 0.2) is 51.1 Å². The van der Waals surface area contributed by atoms with Gasteiger partial charge in [0.25, 0.3) is 5.91 Å². The molecule has 0 aliphatic heterocycles. The fourth-order valence-corrected chi connectivity index (χ4v) is 3.21. The third-order valence-corrected chi connectivity index (χ3v) is 4.67. The lowest BCUT2D eigenvalue weighted by Crippen LogP contribution is -2.35. The average molecular weight is 326 g/mol. The van der Waals surface area contributed by atoms with Crippen LogP contribution in [-0.4, -0.2) is 21.8 Å². The van der Waals surface area contributed by atoms with E-state index in [1.165, 1.54) is 11.3 Å². The van der Waals surface area contributed by atoms with E-state index in [1.54, 1.807) is 29.3 Å². The van der Waals surface area contributed by atoms with E-state index in [0.29, 0.717) is 12.1 Å². The molecule has 5 nitrogen and oxygen atoms in total. The zero-order chi connectivity index (χ0) is 15.8. The first-order valence-corrected chi connectivity index (χ1v) is 8.32. The van der Waals surface area contributed by atoms with Crippen molar-refractivity contribution < 1.29 is 9.21 Å². The van der Waals surface area contributed by atoms with Gasteiger partial charge in [-0.05, 0) is 25.0 Å². The maximum absolute atomic E-state index is 12.9. The molecule has 2 aromatic heterocycles. The van der Waals surface area contributed by atoms with Crippen molar-refractivity contribution in [2.75, 3.05) is 0 Å². The third kappa shape index (κ3) is 2.77. The van der Waals surface area contributed by atoms with Gasteiger partial charge in [-0.15, -0.1) is 11.3 Å². The number of nitrogens with zero attached hydrogens (tertiary/aromatic N) is 2. The lowest BCUT2D eigenvalue weighted by Gasteiger charge is -2.20. The molecule has 0 spiro atoms. The van der Waals surface area contributed by atoms with Gasteiger partial charge in [0, 0.05) is 23.0 Å². The van der Waals surface area contributed by atoms with Crippen molar-refractivity contribution in [3.05, 3.63) is 62.9 Å². The minimum Gasteiger partial charge on any atom is -0.422 e. The van der Waals surface area contributed by atoms with Gasteiger partial charge in [-0.2, -0.15) is 0 Å². The predicted molar refractivity (Wildman–Crippen MR) is 87.5 cm³/mol. The number of benzene rings is 1. The molecule has 23 heavy (non-hydrogen) atoms. The lowest BCUT2D eigenvalue weighted by atomic mass is 10.1. The molecule has 1 aromatic carbocycles. The minimum absolute atomic E-state index is 0.0900. The highest BCUT2D eigenvalue weighted by Crippen LogP contribution is 2.30. The van der Waals surface area contributed by atoms with Crippen LogP contribution in [0.3, 0.4) is 0 Å². The Morgan fingerprint density at radius 3 is 2.91 bits per heavy atom. The molecule has 1 amide bonds. The summed E-state index contributed by atoms with van der Waals surface area (Å²) < 4.78 is 5.28. The monoisotopic (exact) mass is 326 g/mol. The Bertz CT molecular complexity index is 913. The molecule has 0 N–H and O–H groups in total. The maximum atomic E-state index is 12.9. The van der Waals surface area contributed by atoms with E-state index >= 15 is 0 Å². The number of hydrogen-bond acceptors (Lipinski definition) is 5. The van der Waals surface area contributed by atoms with Crippen molar-refractivity contribution in [2.24, 2.45) is 0 Å². The number of fused-ring (bicyclic) bond motifs is 1. The predicted octanol–water partition coefficient (Wildman–Crippen LogP) is 3.05. The Labute approximate surface area is 136 Å². The number of para-hydroxylation sites is 1. The smallest absolute Gasteiger partial charge is 0.349 e. The van der Waals surface area contributed by atoms with E-state index in [4.69, 9.17) is 4.42 Å². The Kier molecular flexibility index (Phi) is 3.46. The van der Waals surface area contributed by atoms with Crippen LogP contribution >= 0.6 is 11.3 Å². The van der Waals surface area contributed by atoms with Gasteiger partial charge in [-0.25, -0.2) is 9.78 Å². The first-order valence-electron chi connectivity index (χ1n) is 7.44. The SMILES string of the molecule is O=C(c1cc2ccccc2oc1=O)N(Cc1nccs1)C1CC1. The first kappa shape index (κ1) is 14.1. The van der Waals surface area contributed by atoms with Gasteiger partial charge >= 0.3 is 5.63 Å². The summed E-state index contributed by atoms with van der Waals surface area (Å²) in [5.41, 5.74) is -0.00223. The molecule has 1 aliphatic carbocycles. The molecule has 3 aromatic rings. The number of aromatic nitrogens is 1. The standard InChI is InChI=1S/C17H14N2O3S/c20-16(19(12-5-6-12)10-15-18-7-8-23-15)13-9-11-3-1-2-4-14(11)22-17(13)21/h1-4,7-9,12H,5-6,10H2. The van der Waals surface area contributed by atoms with Gasteiger partial charge in [0.05, 0.1) is 6.54 Å². The molecule has 116 valence electrons.